The van der Waals surface area contributed by atoms with Crippen molar-refractivity contribution < 1.29 is 22.7 Å². The number of halogens is 1. The van der Waals surface area contributed by atoms with Gasteiger partial charge in [0.05, 0.1) is 20.8 Å². The molecule has 0 saturated carbocycles. The highest BCUT2D eigenvalue weighted by atomic mass is 35.5. The van der Waals surface area contributed by atoms with E-state index < -0.39 is 28.5 Å². The predicted octanol–water partition coefficient (Wildman–Crippen LogP) is 4.93. The summed E-state index contributed by atoms with van der Waals surface area (Å²) in [7, 11) is -3.86. The van der Waals surface area contributed by atoms with Gasteiger partial charge in [0.15, 0.2) is 11.7 Å². The van der Waals surface area contributed by atoms with Gasteiger partial charge in [-0.15, -0.1) is 0 Å². The van der Waals surface area contributed by atoms with Gasteiger partial charge in [0.2, 0.25) is 10.0 Å². The summed E-state index contributed by atoms with van der Waals surface area (Å²) >= 11 is 7.53. The average molecular weight is 536 g/mol. The zero-order valence-corrected chi connectivity index (χ0v) is 21.9. The molecule has 186 valence electrons. The largest absolute Gasteiger partial charge is 0.452 e. The van der Waals surface area contributed by atoms with Crippen molar-refractivity contribution in [3.05, 3.63) is 52.0 Å². The molecule has 0 atom stereocenters. The highest BCUT2D eigenvalue weighted by molar-refractivity contribution is 7.89. The van der Waals surface area contributed by atoms with Crippen LogP contribution in [0.4, 0.5) is 5.13 Å². The fourth-order valence-corrected chi connectivity index (χ4v) is 7.12. The summed E-state index contributed by atoms with van der Waals surface area (Å²) in [5.41, 5.74) is 2.93. The molecule has 0 radical (unpaired) electrons. The van der Waals surface area contributed by atoms with Crippen molar-refractivity contribution in [1.29, 1.82) is 0 Å². The lowest BCUT2D eigenvalue weighted by Gasteiger charge is -2.21. The van der Waals surface area contributed by atoms with E-state index in [0.29, 0.717) is 18.2 Å². The van der Waals surface area contributed by atoms with E-state index in [-0.39, 0.29) is 15.5 Å². The lowest BCUT2D eigenvalue weighted by atomic mass is 10.1. The van der Waals surface area contributed by atoms with Crippen LogP contribution < -0.4 is 5.32 Å². The second-order valence-electron chi connectivity index (χ2n) is 8.54. The molecule has 2 heterocycles. The third-order valence-electron chi connectivity index (χ3n) is 5.76. The van der Waals surface area contributed by atoms with Crippen molar-refractivity contribution in [2.75, 3.05) is 25.0 Å². The lowest BCUT2D eigenvalue weighted by Crippen LogP contribution is -2.32. The molecule has 1 fully saturated rings. The number of sulfonamides is 1. The van der Waals surface area contributed by atoms with E-state index in [0.717, 1.165) is 47.0 Å². The normalized spacial score (nSPS) is 15.1. The zero-order valence-electron chi connectivity index (χ0n) is 19.5. The van der Waals surface area contributed by atoms with E-state index in [1.165, 1.54) is 33.8 Å². The van der Waals surface area contributed by atoms with E-state index in [1.807, 2.05) is 26.0 Å². The van der Waals surface area contributed by atoms with Gasteiger partial charge < -0.3 is 4.74 Å². The minimum absolute atomic E-state index is 0.00156. The number of thiazole rings is 1. The Hall–Kier alpha value is -2.53. The molecule has 2 aromatic carbocycles. The Bertz CT molecular complexity index is 1380. The predicted molar refractivity (Wildman–Crippen MR) is 137 cm³/mol. The lowest BCUT2D eigenvalue weighted by molar-refractivity contribution is -0.119. The Morgan fingerprint density at radius 1 is 1.11 bits per heavy atom. The number of aromatic nitrogens is 1. The van der Waals surface area contributed by atoms with Crippen molar-refractivity contribution in [1.82, 2.24) is 9.29 Å². The second-order valence-corrected chi connectivity index (χ2v) is 11.9. The van der Waals surface area contributed by atoms with Gasteiger partial charge in [0.25, 0.3) is 5.91 Å². The summed E-state index contributed by atoms with van der Waals surface area (Å²) in [5, 5.41) is 3.09. The SMILES string of the molecule is Cc1cc(C)c2nc(NC(=O)COC(=O)c3ccc(Cl)c(S(=O)(=O)N4CCCCCC4)c3)sc2c1. The first-order chi connectivity index (χ1) is 16.6. The highest BCUT2D eigenvalue weighted by Gasteiger charge is 2.28. The number of carbonyl (C=O) groups is 2. The number of ether oxygens (including phenoxy) is 1. The molecule has 1 aliphatic heterocycles. The summed E-state index contributed by atoms with van der Waals surface area (Å²) in [6.45, 7) is 4.24. The van der Waals surface area contributed by atoms with Gasteiger partial charge in [-0.25, -0.2) is 18.2 Å². The van der Waals surface area contributed by atoms with Crippen LogP contribution in [0.25, 0.3) is 10.2 Å². The van der Waals surface area contributed by atoms with Crippen LogP contribution in [0.3, 0.4) is 0 Å². The molecule has 0 bridgehead atoms. The van der Waals surface area contributed by atoms with Gasteiger partial charge in [-0.3, -0.25) is 10.1 Å². The maximum absolute atomic E-state index is 13.1. The number of rotatable bonds is 6. The van der Waals surface area contributed by atoms with Crippen molar-refractivity contribution >= 4 is 60.2 Å². The number of aryl methyl sites for hydroxylation is 2. The minimum Gasteiger partial charge on any atom is -0.452 e. The standard InChI is InChI=1S/C24H26ClN3O5S2/c1-15-11-16(2)22-19(12-15)34-24(27-22)26-21(29)14-33-23(30)17-7-8-18(25)20(13-17)35(31,32)28-9-5-3-4-6-10-28/h7-8,11-13H,3-6,9-10,14H2,1-2H3,(H,26,27,29). The number of hydrogen-bond donors (Lipinski definition) is 1. The molecular weight excluding hydrogens is 510 g/mol. The Morgan fingerprint density at radius 2 is 1.83 bits per heavy atom. The average Bonchev–Trinajstić information content (AvgIpc) is 3.01. The van der Waals surface area contributed by atoms with Crippen molar-refractivity contribution in [3.8, 4) is 0 Å². The van der Waals surface area contributed by atoms with Crippen LogP contribution >= 0.6 is 22.9 Å². The van der Waals surface area contributed by atoms with E-state index in [2.05, 4.69) is 10.3 Å². The Morgan fingerprint density at radius 3 is 2.54 bits per heavy atom. The summed E-state index contributed by atoms with van der Waals surface area (Å²) in [6.07, 6.45) is 3.51. The molecule has 0 spiro atoms. The van der Waals surface area contributed by atoms with Gasteiger partial charge in [0, 0.05) is 13.1 Å². The number of anilines is 1. The van der Waals surface area contributed by atoms with Crippen LogP contribution in [0.1, 0.15) is 47.2 Å². The first-order valence-corrected chi connectivity index (χ1v) is 13.9. The molecule has 0 aliphatic carbocycles. The minimum atomic E-state index is -3.86. The van der Waals surface area contributed by atoms with E-state index >= 15 is 0 Å². The number of amides is 1. The molecule has 4 rings (SSSR count). The van der Waals surface area contributed by atoms with Crippen molar-refractivity contribution in [2.24, 2.45) is 0 Å². The topological polar surface area (TPSA) is 106 Å². The molecule has 0 unspecified atom stereocenters. The van der Waals surface area contributed by atoms with Gasteiger partial charge in [0.1, 0.15) is 4.90 Å². The number of fused-ring (bicyclic) bond motifs is 1. The molecule has 1 N–H and O–H groups in total. The third-order valence-corrected chi connectivity index (χ3v) is 9.06. The molecule has 1 aromatic heterocycles. The number of esters is 1. The van der Waals surface area contributed by atoms with Gasteiger partial charge >= 0.3 is 5.97 Å². The fourth-order valence-electron chi connectivity index (χ4n) is 4.04. The molecule has 3 aromatic rings. The van der Waals surface area contributed by atoms with Crippen LogP contribution in [0.5, 0.6) is 0 Å². The maximum Gasteiger partial charge on any atom is 0.338 e. The van der Waals surface area contributed by atoms with Crippen LogP contribution in [0.2, 0.25) is 5.02 Å². The van der Waals surface area contributed by atoms with Crippen LogP contribution in [0, 0.1) is 13.8 Å². The summed E-state index contributed by atoms with van der Waals surface area (Å²) in [4.78, 5) is 29.2. The number of nitrogens with zero attached hydrogens (tertiary/aromatic N) is 2. The van der Waals surface area contributed by atoms with Crippen molar-refractivity contribution in [2.45, 2.75) is 44.4 Å². The van der Waals surface area contributed by atoms with E-state index in [1.54, 1.807) is 0 Å². The summed E-state index contributed by atoms with van der Waals surface area (Å²) in [5.74, 6) is -1.36. The van der Waals surface area contributed by atoms with E-state index in [4.69, 9.17) is 16.3 Å². The monoisotopic (exact) mass is 535 g/mol. The van der Waals surface area contributed by atoms with E-state index in [9.17, 15) is 18.0 Å². The van der Waals surface area contributed by atoms with Crippen LogP contribution in [-0.4, -0.2) is 49.3 Å². The van der Waals surface area contributed by atoms with Crippen LogP contribution in [0.15, 0.2) is 35.2 Å². The number of nitrogens with one attached hydrogen (secondary N) is 1. The first kappa shape index (κ1) is 25.6. The zero-order chi connectivity index (χ0) is 25.2. The molecule has 11 heteroatoms. The Balaban J connectivity index is 1.42. The smallest absolute Gasteiger partial charge is 0.338 e. The van der Waals surface area contributed by atoms with Crippen LogP contribution in [-0.2, 0) is 19.6 Å². The van der Waals surface area contributed by atoms with Gasteiger partial charge in [-0.1, -0.05) is 41.8 Å². The quantitative estimate of drug-likeness (QED) is 0.449. The third kappa shape index (κ3) is 5.83. The summed E-state index contributed by atoms with van der Waals surface area (Å²) in [6, 6.07) is 7.95. The number of benzene rings is 2. The summed E-state index contributed by atoms with van der Waals surface area (Å²) < 4.78 is 33.8. The Labute approximate surface area is 213 Å². The second kappa shape index (κ2) is 10.6. The molecule has 1 aliphatic rings. The highest BCUT2D eigenvalue weighted by Crippen LogP contribution is 2.30. The van der Waals surface area contributed by atoms with Gasteiger partial charge in [-0.05, 0) is 62.1 Å². The molecule has 8 nitrogen and oxygen atoms in total. The van der Waals surface area contributed by atoms with Gasteiger partial charge in [-0.2, -0.15) is 4.31 Å². The number of carbonyl (C=O) groups excluding carboxylic acids is 2. The molecule has 35 heavy (non-hydrogen) atoms. The fraction of sp³-hybridized carbons (Fsp3) is 0.375. The number of hydrogen-bond acceptors (Lipinski definition) is 7. The molecule has 1 saturated heterocycles. The maximum atomic E-state index is 13.1. The molecule has 1 amide bonds. The molecular formula is C24H26ClN3O5S2. The van der Waals surface area contributed by atoms with Crippen molar-refractivity contribution in [3.63, 3.8) is 0 Å². The first-order valence-electron chi connectivity index (χ1n) is 11.3. The Kier molecular flexibility index (Phi) is 7.75.